The van der Waals surface area contributed by atoms with Gasteiger partial charge in [0.25, 0.3) is 0 Å². The molecule has 2 heterocycles. The Kier molecular flexibility index (Phi) is 3.04. The third kappa shape index (κ3) is 2.05. The van der Waals surface area contributed by atoms with E-state index in [1.807, 2.05) is 0 Å². The fourth-order valence-electron chi connectivity index (χ4n) is 3.03. The maximum Gasteiger partial charge on any atom is 0.0839 e. The summed E-state index contributed by atoms with van der Waals surface area (Å²) in [5.41, 5.74) is 3.65. The van der Waals surface area contributed by atoms with Gasteiger partial charge < -0.3 is 15.7 Å². The molecule has 2 aliphatic heterocycles. The number of anilines is 1. The minimum absolute atomic E-state index is 0.308. The number of piperidine rings is 1. The van der Waals surface area contributed by atoms with E-state index in [0.717, 1.165) is 44.5 Å². The summed E-state index contributed by atoms with van der Waals surface area (Å²) in [5.74, 6) is 0.408. The lowest BCUT2D eigenvalue weighted by molar-refractivity contribution is 0.0895. The van der Waals surface area contributed by atoms with Gasteiger partial charge in [0.15, 0.2) is 0 Å². The van der Waals surface area contributed by atoms with Crippen LogP contribution in [0.4, 0.5) is 5.69 Å². The van der Waals surface area contributed by atoms with Gasteiger partial charge in [0.05, 0.1) is 6.10 Å². The standard InChI is InChI=1S/C14H20N2O/c17-14(11-4-7-15-8-5-11)12-3-1-2-10-6-9-16-13(10)12/h1-3,11,14-17H,4-9H2/t14-/m0/s1. The number of aliphatic hydroxyl groups excluding tert-OH is 1. The van der Waals surface area contributed by atoms with Gasteiger partial charge in [0, 0.05) is 17.8 Å². The fourth-order valence-corrected chi connectivity index (χ4v) is 3.03. The smallest absolute Gasteiger partial charge is 0.0839 e. The quantitative estimate of drug-likeness (QED) is 0.727. The second kappa shape index (κ2) is 4.67. The third-order valence-corrected chi connectivity index (χ3v) is 4.03. The second-order valence-electron chi connectivity index (χ2n) is 5.09. The Bertz CT molecular complexity index is 399. The summed E-state index contributed by atoms with van der Waals surface area (Å²) in [5, 5.41) is 17.3. The zero-order chi connectivity index (χ0) is 11.7. The SMILES string of the molecule is O[C@H](c1cccc2c1NCC2)C1CCNCC1. The molecule has 3 heteroatoms. The number of hydrogen-bond acceptors (Lipinski definition) is 3. The van der Waals surface area contributed by atoms with Crippen molar-refractivity contribution in [2.45, 2.75) is 25.4 Å². The average molecular weight is 232 g/mol. The highest BCUT2D eigenvalue weighted by Gasteiger charge is 2.26. The van der Waals surface area contributed by atoms with Crippen molar-refractivity contribution in [1.82, 2.24) is 5.32 Å². The average Bonchev–Trinajstić information content (AvgIpc) is 2.87. The molecule has 3 N–H and O–H groups in total. The van der Waals surface area contributed by atoms with Gasteiger partial charge in [-0.05, 0) is 43.8 Å². The Morgan fingerprint density at radius 2 is 2.00 bits per heavy atom. The zero-order valence-corrected chi connectivity index (χ0v) is 10.1. The Morgan fingerprint density at radius 1 is 1.18 bits per heavy atom. The number of hydrogen-bond donors (Lipinski definition) is 3. The molecule has 3 nitrogen and oxygen atoms in total. The first kappa shape index (κ1) is 11.1. The van der Waals surface area contributed by atoms with Gasteiger partial charge in [0.1, 0.15) is 0 Å². The minimum atomic E-state index is -0.308. The summed E-state index contributed by atoms with van der Waals surface area (Å²) in [4.78, 5) is 0. The molecule has 1 saturated heterocycles. The van der Waals surface area contributed by atoms with Crippen LogP contribution in [0.15, 0.2) is 18.2 Å². The molecule has 2 aliphatic rings. The van der Waals surface area contributed by atoms with Crippen LogP contribution in [0.2, 0.25) is 0 Å². The highest BCUT2D eigenvalue weighted by molar-refractivity contribution is 5.62. The monoisotopic (exact) mass is 232 g/mol. The maximum absolute atomic E-state index is 10.5. The van der Waals surface area contributed by atoms with E-state index in [0.29, 0.717) is 5.92 Å². The van der Waals surface area contributed by atoms with Crippen LogP contribution in [0.25, 0.3) is 0 Å². The van der Waals surface area contributed by atoms with Crippen LogP contribution in [0.5, 0.6) is 0 Å². The van der Waals surface area contributed by atoms with E-state index in [4.69, 9.17) is 0 Å². The van der Waals surface area contributed by atoms with E-state index in [-0.39, 0.29) is 6.10 Å². The normalized spacial score (nSPS) is 21.9. The molecule has 0 aromatic heterocycles. The summed E-state index contributed by atoms with van der Waals surface area (Å²) in [6, 6.07) is 6.31. The summed E-state index contributed by atoms with van der Waals surface area (Å²) in [7, 11) is 0. The molecular weight excluding hydrogens is 212 g/mol. The number of benzene rings is 1. The third-order valence-electron chi connectivity index (χ3n) is 4.03. The topological polar surface area (TPSA) is 44.3 Å². The molecule has 1 fully saturated rings. The van der Waals surface area contributed by atoms with Gasteiger partial charge in [-0.25, -0.2) is 0 Å². The van der Waals surface area contributed by atoms with E-state index in [1.165, 1.54) is 11.3 Å². The summed E-state index contributed by atoms with van der Waals surface area (Å²) >= 11 is 0. The van der Waals surface area contributed by atoms with Gasteiger partial charge in [-0.3, -0.25) is 0 Å². The van der Waals surface area contributed by atoms with Crippen LogP contribution < -0.4 is 10.6 Å². The number of para-hydroxylation sites is 1. The number of aliphatic hydroxyl groups is 1. The number of fused-ring (bicyclic) bond motifs is 1. The Hall–Kier alpha value is -1.06. The van der Waals surface area contributed by atoms with Crippen LogP contribution in [-0.2, 0) is 6.42 Å². The van der Waals surface area contributed by atoms with Crippen LogP contribution in [0.3, 0.4) is 0 Å². The van der Waals surface area contributed by atoms with Gasteiger partial charge in [0.2, 0.25) is 0 Å². The predicted octanol–water partition coefficient (Wildman–Crippen LogP) is 1.69. The summed E-state index contributed by atoms with van der Waals surface area (Å²) in [6.07, 6.45) is 2.93. The van der Waals surface area contributed by atoms with Crippen molar-refractivity contribution in [3.63, 3.8) is 0 Å². The van der Waals surface area contributed by atoms with Crippen molar-refractivity contribution in [3.8, 4) is 0 Å². The molecular formula is C14H20N2O. The molecule has 0 aliphatic carbocycles. The van der Waals surface area contributed by atoms with Crippen molar-refractivity contribution in [2.24, 2.45) is 5.92 Å². The molecule has 0 radical (unpaired) electrons. The lowest BCUT2D eigenvalue weighted by atomic mass is 9.87. The lowest BCUT2D eigenvalue weighted by Crippen LogP contribution is -2.31. The first-order valence-corrected chi connectivity index (χ1v) is 6.60. The summed E-state index contributed by atoms with van der Waals surface area (Å²) in [6.45, 7) is 3.07. The Morgan fingerprint density at radius 3 is 2.82 bits per heavy atom. The molecule has 0 amide bonds. The molecule has 1 atom stereocenters. The van der Waals surface area contributed by atoms with Gasteiger partial charge in [-0.1, -0.05) is 18.2 Å². The largest absolute Gasteiger partial charge is 0.388 e. The Labute approximate surface area is 102 Å². The van der Waals surface area contributed by atoms with Gasteiger partial charge in [-0.2, -0.15) is 0 Å². The Balaban J connectivity index is 1.85. The molecule has 92 valence electrons. The molecule has 1 aromatic carbocycles. The molecule has 17 heavy (non-hydrogen) atoms. The predicted molar refractivity (Wildman–Crippen MR) is 69.2 cm³/mol. The van der Waals surface area contributed by atoms with Crippen molar-refractivity contribution in [3.05, 3.63) is 29.3 Å². The van der Waals surface area contributed by atoms with Crippen LogP contribution in [0, 0.1) is 5.92 Å². The van der Waals surface area contributed by atoms with E-state index >= 15 is 0 Å². The lowest BCUT2D eigenvalue weighted by Gasteiger charge is -2.28. The van der Waals surface area contributed by atoms with E-state index in [2.05, 4.69) is 28.8 Å². The van der Waals surface area contributed by atoms with E-state index in [1.54, 1.807) is 0 Å². The molecule has 0 bridgehead atoms. The molecule has 0 unspecified atom stereocenters. The summed E-state index contributed by atoms with van der Waals surface area (Å²) < 4.78 is 0. The number of nitrogens with one attached hydrogen (secondary N) is 2. The van der Waals surface area contributed by atoms with Crippen LogP contribution in [-0.4, -0.2) is 24.7 Å². The van der Waals surface area contributed by atoms with Crippen molar-refractivity contribution in [1.29, 1.82) is 0 Å². The first-order chi connectivity index (χ1) is 8.36. The maximum atomic E-state index is 10.5. The fraction of sp³-hybridized carbons (Fsp3) is 0.571. The van der Waals surface area contributed by atoms with Crippen molar-refractivity contribution in [2.75, 3.05) is 25.0 Å². The number of rotatable bonds is 2. The zero-order valence-electron chi connectivity index (χ0n) is 10.1. The molecule has 1 aromatic rings. The molecule has 3 rings (SSSR count). The first-order valence-electron chi connectivity index (χ1n) is 6.60. The van der Waals surface area contributed by atoms with Gasteiger partial charge in [-0.15, -0.1) is 0 Å². The molecule has 0 spiro atoms. The van der Waals surface area contributed by atoms with Crippen molar-refractivity contribution < 1.29 is 5.11 Å². The van der Waals surface area contributed by atoms with Crippen LogP contribution in [0.1, 0.15) is 30.1 Å². The van der Waals surface area contributed by atoms with Crippen LogP contribution >= 0.6 is 0 Å². The van der Waals surface area contributed by atoms with E-state index in [9.17, 15) is 5.11 Å². The second-order valence-corrected chi connectivity index (χ2v) is 5.09. The highest BCUT2D eigenvalue weighted by Crippen LogP contribution is 2.36. The van der Waals surface area contributed by atoms with E-state index < -0.39 is 0 Å². The minimum Gasteiger partial charge on any atom is -0.388 e. The van der Waals surface area contributed by atoms with Gasteiger partial charge >= 0.3 is 0 Å². The highest BCUT2D eigenvalue weighted by atomic mass is 16.3. The molecule has 0 saturated carbocycles. The van der Waals surface area contributed by atoms with Crippen molar-refractivity contribution >= 4 is 5.69 Å².